The van der Waals surface area contributed by atoms with Crippen LogP contribution in [0, 0.1) is 0 Å². The number of hydrogen-bond donors (Lipinski definition) is 2. The smallest absolute Gasteiger partial charge is 0.338 e. The Labute approximate surface area is 183 Å². The number of anilines is 2. The summed E-state index contributed by atoms with van der Waals surface area (Å²) in [5, 5.41) is 5.29. The second-order valence-electron chi connectivity index (χ2n) is 7.88. The average Bonchev–Trinajstić information content (AvgIpc) is 2.71. The van der Waals surface area contributed by atoms with Crippen LogP contribution in [0.1, 0.15) is 67.9 Å². The molecule has 31 heavy (non-hydrogen) atoms. The summed E-state index contributed by atoms with van der Waals surface area (Å²) in [5.41, 5.74) is 3.36. The lowest BCUT2D eigenvalue weighted by molar-refractivity contribution is -0.119. The first-order chi connectivity index (χ1) is 14.6. The van der Waals surface area contributed by atoms with E-state index in [0.29, 0.717) is 28.6 Å². The Kier molecular flexibility index (Phi) is 8.19. The van der Waals surface area contributed by atoms with Gasteiger partial charge < -0.3 is 20.1 Å². The van der Waals surface area contributed by atoms with Gasteiger partial charge in [-0.2, -0.15) is 0 Å². The Morgan fingerprint density at radius 3 is 2.23 bits per heavy atom. The molecule has 0 saturated heterocycles. The van der Waals surface area contributed by atoms with Crippen LogP contribution in [0.5, 0.6) is 5.75 Å². The van der Waals surface area contributed by atoms with Crippen LogP contribution in [0.4, 0.5) is 11.4 Å². The fourth-order valence-electron chi connectivity index (χ4n) is 3.09. The van der Waals surface area contributed by atoms with E-state index in [1.165, 1.54) is 14.0 Å². The molecule has 2 rings (SSSR count). The number of esters is 1. The molecule has 2 aromatic carbocycles. The maximum atomic E-state index is 12.6. The molecule has 0 aliphatic carbocycles. The molecule has 0 aromatic heterocycles. The van der Waals surface area contributed by atoms with E-state index in [0.717, 1.165) is 11.1 Å². The van der Waals surface area contributed by atoms with Gasteiger partial charge in [0.05, 0.1) is 18.4 Å². The molecule has 0 aliphatic rings. The summed E-state index contributed by atoms with van der Waals surface area (Å²) in [7, 11) is 1.47. The fraction of sp³-hybridized carbons (Fsp3) is 0.375. The van der Waals surface area contributed by atoms with Gasteiger partial charge in [-0.1, -0.05) is 39.8 Å². The van der Waals surface area contributed by atoms with Crippen LogP contribution >= 0.6 is 0 Å². The molecule has 2 aromatic rings. The van der Waals surface area contributed by atoms with Crippen molar-refractivity contribution < 1.29 is 23.9 Å². The van der Waals surface area contributed by atoms with Crippen LogP contribution in [0.15, 0.2) is 36.4 Å². The van der Waals surface area contributed by atoms with Crippen molar-refractivity contribution in [3.05, 3.63) is 53.1 Å². The van der Waals surface area contributed by atoms with Crippen molar-refractivity contribution in [2.75, 3.05) is 24.4 Å². The van der Waals surface area contributed by atoms with E-state index in [9.17, 15) is 14.4 Å². The molecule has 7 heteroatoms. The van der Waals surface area contributed by atoms with Crippen LogP contribution < -0.4 is 15.4 Å². The normalized spacial score (nSPS) is 10.7. The Morgan fingerprint density at radius 2 is 1.65 bits per heavy atom. The monoisotopic (exact) mass is 426 g/mol. The third kappa shape index (κ3) is 6.57. The lowest BCUT2D eigenvalue weighted by atomic mass is 9.91. The van der Waals surface area contributed by atoms with Crippen LogP contribution in [-0.2, 0) is 14.3 Å². The number of benzene rings is 2. The molecule has 0 saturated carbocycles. The van der Waals surface area contributed by atoms with Gasteiger partial charge in [0.15, 0.2) is 6.61 Å². The fourth-order valence-corrected chi connectivity index (χ4v) is 3.09. The van der Waals surface area contributed by atoms with Gasteiger partial charge in [0.2, 0.25) is 5.91 Å². The molecular weight excluding hydrogens is 396 g/mol. The highest BCUT2D eigenvalue weighted by atomic mass is 16.5. The summed E-state index contributed by atoms with van der Waals surface area (Å²) in [6.07, 6.45) is 0. The molecule has 2 N–H and O–H groups in total. The lowest BCUT2D eigenvalue weighted by Gasteiger charge is -2.16. The molecule has 0 spiro atoms. The summed E-state index contributed by atoms with van der Waals surface area (Å²) < 4.78 is 10.5. The van der Waals surface area contributed by atoms with E-state index < -0.39 is 18.5 Å². The second-order valence-corrected chi connectivity index (χ2v) is 7.88. The topological polar surface area (TPSA) is 93.7 Å². The number of carbonyl (C=O) groups is 3. The van der Waals surface area contributed by atoms with E-state index in [1.807, 2.05) is 26.0 Å². The van der Waals surface area contributed by atoms with Crippen molar-refractivity contribution in [3.8, 4) is 5.75 Å². The molecule has 166 valence electrons. The predicted octanol–water partition coefficient (Wildman–Crippen LogP) is 4.70. The quantitative estimate of drug-likeness (QED) is 0.597. The maximum absolute atomic E-state index is 12.6. The van der Waals surface area contributed by atoms with Crippen LogP contribution in [0.2, 0.25) is 0 Å². The van der Waals surface area contributed by atoms with Gasteiger partial charge in [-0.05, 0) is 47.2 Å². The van der Waals surface area contributed by atoms with E-state index >= 15 is 0 Å². The van der Waals surface area contributed by atoms with Gasteiger partial charge in [0, 0.05) is 12.6 Å². The highest BCUT2D eigenvalue weighted by Crippen LogP contribution is 2.28. The van der Waals surface area contributed by atoms with Crippen molar-refractivity contribution in [1.29, 1.82) is 0 Å². The molecule has 7 nitrogen and oxygen atoms in total. The summed E-state index contributed by atoms with van der Waals surface area (Å²) in [6.45, 7) is 9.15. The maximum Gasteiger partial charge on any atom is 0.338 e. The largest absolute Gasteiger partial charge is 0.495 e. The molecule has 0 aliphatic heterocycles. The molecule has 0 unspecified atom stereocenters. The second kappa shape index (κ2) is 10.6. The first-order valence-electron chi connectivity index (χ1n) is 10.2. The Morgan fingerprint density at radius 1 is 0.935 bits per heavy atom. The number of hydrogen-bond acceptors (Lipinski definition) is 5. The van der Waals surface area contributed by atoms with Gasteiger partial charge in [-0.3, -0.25) is 9.59 Å². The van der Waals surface area contributed by atoms with Crippen LogP contribution in [0.3, 0.4) is 0 Å². The highest BCUT2D eigenvalue weighted by molar-refractivity contribution is 5.98. The Balaban J connectivity index is 2.10. The minimum atomic E-state index is -0.548. The van der Waals surface area contributed by atoms with Gasteiger partial charge >= 0.3 is 5.97 Å². The minimum absolute atomic E-state index is 0.135. The number of nitrogens with one attached hydrogen (secondary N) is 2. The van der Waals surface area contributed by atoms with E-state index in [-0.39, 0.29) is 11.8 Å². The van der Waals surface area contributed by atoms with Crippen LogP contribution in [0.25, 0.3) is 0 Å². The van der Waals surface area contributed by atoms with Crippen molar-refractivity contribution in [2.45, 2.75) is 46.5 Å². The Bertz CT molecular complexity index is 966. The zero-order valence-corrected chi connectivity index (χ0v) is 18.9. The van der Waals surface area contributed by atoms with Gasteiger partial charge in [-0.15, -0.1) is 0 Å². The molecule has 0 fully saturated rings. The summed E-state index contributed by atoms with van der Waals surface area (Å²) in [5.74, 6) is -0.405. The van der Waals surface area contributed by atoms with E-state index in [1.54, 1.807) is 24.3 Å². The van der Waals surface area contributed by atoms with Crippen LogP contribution in [-0.4, -0.2) is 31.5 Å². The first kappa shape index (κ1) is 23.9. The van der Waals surface area contributed by atoms with E-state index in [2.05, 4.69) is 24.5 Å². The standard InChI is InChI=1S/C24H30N2O5/c1-14(2)17-7-9-19(20(11-17)15(3)4)24(29)31-13-23(28)26-21-12-18(25-16(5)27)8-10-22(21)30-6/h7-12,14-15H,13H2,1-6H3,(H,25,27)(H,26,28). The SMILES string of the molecule is COc1ccc(NC(C)=O)cc1NC(=O)COC(=O)c1ccc(C(C)C)cc1C(C)C. The third-order valence-electron chi connectivity index (χ3n) is 4.71. The number of rotatable bonds is 8. The summed E-state index contributed by atoms with van der Waals surface area (Å²) in [6, 6.07) is 10.5. The first-order valence-corrected chi connectivity index (χ1v) is 10.2. The number of ether oxygens (including phenoxy) is 2. The average molecular weight is 427 g/mol. The predicted molar refractivity (Wildman–Crippen MR) is 121 cm³/mol. The highest BCUT2D eigenvalue weighted by Gasteiger charge is 2.18. The molecule has 0 bridgehead atoms. The molecule has 2 amide bonds. The van der Waals surface area contributed by atoms with Crippen molar-refractivity contribution in [2.24, 2.45) is 0 Å². The number of amides is 2. The molecular formula is C24H30N2O5. The summed E-state index contributed by atoms with van der Waals surface area (Å²) in [4.78, 5) is 36.3. The summed E-state index contributed by atoms with van der Waals surface area (Å²) >= 11 is 0. The van der Waals surface area contributed by atoms with Crippen molar-refractivity contribution >= 4 is 29.2 Å². The van der Waals surface area contributed by atoms with E-state index in [4.69, 9.17) is 9.47 Å². The Hall–Kier alpha value is -3.35. The number of methoxy groups -OCH3 is 1. The van der Waals surface area contributed by atoms with Gasteiger partial charge in [0.1, 0.15) is 5.75 Å². The molecule has 0 atom stereocenters. The lowest BCUT2D eigenvalue weighted by Crippen LogP contribution is -2.22. The zero-order valence-electron chi connectivity index (χ0n) is 18.9. The minimum Gasteiger partial charge on any atom is -0.495 e. The third-order valence-corrected chi connectivity index (χ3v) is 4.71. The molecule has 0 radical (unpaired) electrons. The van der Waals surface area contributed by atoms with Crippen molar-refractivity contribution in [1.82, 2.24) is 0 Å². The van der Waals surface area contributed by atoms with Gasteiger partial charge in [0.25, 0.3) is 5.91 Å². The van der Waals surface area contributed by atoms with Gasteiger partial charge in [-0.25, -0.2) is 4.79 Å². The number of carbonyl (C=O) groups excluding carboxylic acids is 3. The van der Waals surface area contributed by atoms with Crippen molar-refractivity contribution in [3.63, 3.8) is 0 Å². The zero-order chi connectivity index (χ0) is 23.1. The molecule has 0 heterocycles.